The Morgan fingerprint density at radius 1 is 1.09 bits per heavy atom. The first-order chi connectivity index (χ1) is 10.7. The fourth-order valence-electron chi connectivity index (χ4n) is 2.42. The molecule has 0 unspecified atom stereocenters. The summed E-state index contributed by atoms with van der Waals surface area (Å²) in [5, 5.41) is 4.57. The van der Waals surface area contributed by atoms with Crippen molar-refractivity contribution in [1.29, 1.82) is 0 Å². The van der Waals surface area contributed by atoms with Crippen LogP contribution in [-0.4, -0.2) is 9.78 Å². The van der Waals surface area contributed by atoms with Crippen LogP contribution in [0.1, 0.15) is 18.2 Å². The molecule has 0 bridgehead atoms. The summed E-state index contributed by atoms with van der Waals surface area (Å²) in [6.45, 7) is 4.08. The van der Waals surface area contributed by atoms with Crippen molar-refractivity contribution >= 4 is 5.69 Å². The number of hydrogen-bond donors (Lipinski definition) is 1. The lowest BCUT2D eigenvalue weighted by atomic mass is 10.1. The minimum atomic E-state index is 0.608. The van der Waals surface area contributed by atoms with E-state index in [-0.39, 0.29) is 0 Å². The molecule has 0 saturated heterocycles. The van der Waals surface area contributed by atoms with Gasteiger partial charge < -0.3 is 10.5 Å². The second kappa shape index (κ2) is 5.93. The number of benzene rings is 2. The highest BCUT2D eigenvalue weighted by Gasteiger charge is 2.13. The van der Waals surface area contributed by atoms with Crippen LogP contribution >= 0.6 is 0 Å². The van der Waals surface area contributed by atoms with Gasteiger partial charge in [-0.3, -0.25) is 0 Å². The van der Waals surface area contributed by atoms with Crippen LogP contribution in [0.2, 0.25) is 0 Å². The zero-order valence-electron chi connectivity index (χ0n) is 12.8. The average molecular weight is 293 g/mol. The lowest BCUT2D eigenvalue weighted by molar-refractivity contribution is 0.446. The van der Waals surface area contributed by atoms with E-state index in [0.717, 1.165) is 17.8 Å². The smallest absolute Gasteiger partial charge is 0.222 e. The van der Waals surface area contributed by atoms with Crippen molar-refractivity contribution in [2.24, 2.45) is 0 Å². The van der Waals surface area contributed by atoms with Crippen LogP contribution in [0.25, 0.3) is 5.69 Å². The SMILES string of the molecule is CCc1ccccc1-n1nc(C)cc1Oc1ccccc1N. The molecule has 0 saturated carbocycles. The third-order valence-corrected chi connectivity index (χ3v) is 3.53. The van der Waals surface area contributed by atoms with Crippen molar-refractivity contribution in [2.45, 2.75) is 20.3 Å². The van der Waals surface area contributed by atoms with Crippen molar-refractivity contribution in [3.05, 3.63) is 65.9 Å². The Kier molecular flexibility index (Phi) is 3.83. The van der Waals surface area contributed by atoms with Gasteiger partial charge in [0.1, 0.15) is 0 Å². The van der Waals surface area contributed by atoms with E-state index in [9.17, 15) is 0 Å². The summed E-state index contributed by atoms with van der Waals surface area (Å²) in [5.74, 6) is 1.30. The van der Waals surface area contributed by atoms with Gasteiger partial charge in [0.25, 0.3) is 0 Å². The number of aryl methyl sites for hydroxylation is 2. The highest BCUT2D eigenvalue weighted by molar-refractivity contribution is 5.54. The monoisotopic (exact) mass is 293 g/mol. The van der Waals surface area contributed by atoms with E-state index in [2.05, 4.69) is 18.1 Å². The molecule has 2 aromatic carbocycles. The number of nitrogen functional groups attached to an aromatic ring is 1. The van der Waals surface area contributed by atoms with E-state index in [4.69, 9.17) is 10.5 Å². The fourth-order valence-corrected chi connectivity index (χ4v) is 2.42. The lowest BCUT2D eigenvalue weighted by Crippen LogP contribution is -2.03. The van der Waals surface area contributed by atoms with E-state index >= 15 is 0 Å². The highest BCUT2D eigenvalue weighted by atomic mass is 16.5. The van der Waals surface area contributed by atoms with Crippen LogP contribution < -0.4 is 10.5 Å². The van der Waals surface area contributed by atoms with Crippen LogP contribution in [0.4, 0.5) is 5.69 Å². The molecule has 0 fully saturated rings. The molecule has 4 nitrogen and oxygen atoms in total. The summed E-state index contributed by atoms with van der Waals surface area (Å²) in [6.07, 6.45) is 0.933. The Hall–Kier alpha value is -2.75. The predicted octanol–water partition coefficient (Wildman–Crippen LogP) is 4.12. The summed E-state index contributed by atoms with van der Waals surface area (Å²) in [7, 11) is 0. The lowest BCUT2D eigenvalue weighted by Gasteiger charge is -2.13. The summed E-state index contributed by atoms with van der Waals surface area (Å²) in [5.41, 5.74) is 9.72. The van der Waals surface area contributed by atoms with Gasteiger partial charge in [-0.05, 0) is 37.1 Å². The van der Waals surface area contributed by atoms with E-state index in [1.54, 1.807) is 0 Å². The van der Waals surface area contributed by atoms with Crippen molar-refractivity contribution in [3.63, 3.8) is 0 Å². The molecule has 0 radical (unpaired) electrons. The first-order valence-electron chi connectivity index (χ1n) is 7.36. The van der Waals surface area contributed by atoms with E-state index in [0.29, 0.717) is 17.3 Å². The molecule has 3 aromatic rings. The van der Waals surface area contributed by atoms with Crippen LogP contribution in [0.15, 0.2) is 54.6 Å². The quantitative estimate of drug-likeness (QED) is 0.736. The summed E-state index contributed by atoms with van der Waals surface area (Å²) in [6, 6.07) is 17.6. The Morgan fingerprint density at radius 3 is 2.59 bits per heavy atom. The molecule has 4 heteroatoms. The van der Waals surface area contributed by atoms with Gasteiger partial charge in [0.15, 0.2) is 5.75 Å². The third kappa shape index (κ3) is 2.68. The molecule has 112 valence electrons. The van der Waals surface area contributed by atoms with Crippen LogP contribution in [0.3, 0.4) is 0 Å². The number of nitrogens with zero attached hydrogens (tertiary/aromatic N) is 2. The van der Waals surface area contributed by atoms with Gasteiger partial charge in [0, 0.05) is 6.07 Å². The maximum atomic E-state index is 5.99. The second-order valence-corrected chi connectivity index (χ2v) is 5.16. The molecule has 1 heterocycles. The number of ether oxygens (including phenoxy) is 1. The first-order valence-corrected chi connectivity index (χ1v) is 7.36. The number of para-hydroxylation sites is 3. The third-order valence-electron chi connectivity index (χ3n) is 3.53. The van der Waals surface area contributed by atoms with Gasteiger partial charge in [0.05, 0.1) is 17.1 Å². The van der Waals surface area contributed by atoms with Crippen molar-refractivity contribution in [2.75, 3.05) is 5.73 Å². The molecule has 0 amide bonds. The molecule has 2 N–H and O–H groups in total. The molecular formula is C18H19N3O. The normalized spacial score (nSPS) is 10.6. The Balaban J connectivity index is 2.05. The number of nitrogens with two attached hydrogens (primary N) is 1. The molecule has 0 aliphatic heterocycles. The largest absolute Gasteiger partial charge is 0.437 e. The fraction of sp³-hybridized carbons (Fsp3) is 0.167. The molecule has 3 rings (SSSR count). The van der Waals surface area contributed by atoms with Gasteiger partial charge in [-0.25, -0.2) is 4.68 Å². The minimum absolute atomic E-state index is 0.608. The van der Waals surface area contributed by atoms with Crippen LogP contribution in [0.5, 0.6) is 11.6 Å². The number of rotatable bonds is 4. The van der Waals surface area contributed by atoms with E-state index in [1.807, 2.05) is 60.1 Å². The maximum absolute atomic E-state index is 5.99. The predicted molar refractivity (Wildman–Crippen MR) is 88.6 cm³/mol. The zero-order chi connectivity index (χ0) is 15.5. The van der Waals surface area contributed by atoms with Crippen LogP contribution in [0, 0.1) is 6.92 Å². The van der Waals surface area contributed by atoms with Crippen LogP contribution in [-0.2, 0) is 6.42 Å². The molecule has 0 atom stereocenters. The molecule has 0 aliphatic carbocycles. The van der Waals surface area contributed by atoms with Gasteiger partial charge in [-0.2, -0.15) is 5.10 Å². The topological polar surface area (TPSA) is 53.1 Å². The van der Waals surface area contributed by atoms with Crippen molar-refractivity contribution in [1.82, 2.24) is 9.78 Å². The maximum Gasteiger partial charge on any atom is 0.222 e. The molecular weight excluding hydrogens is 274 g/mol. The number of aromatic nitrogens is 2. The van der Waals surface area contributed by atoms with E-state index in [1.165, 1.54) is 5.56 Å². The Labute approximate surface area is 130 Å². The van der Waals surface area contributed by atoms with Gasteiger partial charge in [-0.1, -0.05) is 37.3 Å². The zero-order valence-corrected chi connectivity index (χ0v) is 12.8. The van der Waals surface area contributed by atoms with Crippen molar-refractivity contribution < 1.29 is 4.74 Å². The van der Waals surface area contributed by atoms with Gasteiger partial charge in [0.2, 0.25) is 5.88 Å². The van der Waals surface area contributed by atoms with E-state index < -0.39 is 0 Å². The summed E-state index contributed by atoms with van der Waals surface area (Å²) >= 11 is 0. The Bertz CT molecular complexity index is 793. The molecule has 1 aromatic heterocycles. The molecule has 0 aliphatic rings. The second-order valence-electron chi connectivity index (χ2n) is 5.16. The minimum Gasteiger partial charge on any atom is -0.437 e. The number of hydrogen-bond acceptors (Lipinski definition) is 3. The Morgan fingerprint density at radius 2 is 1.82 bits per heavy atom. The van der Waals surface area contributed by atoms with Crippen molar-refractivity contribution in [3.8, 4) is 17.3 Å². The molecule has 0 spiro atoms. The molecule has 22 heavy (non-hydrogen) atoms. The van der Waals surface area contributed by atoms with Gasteiger partial charge in [-0.15, -0.1) is 0 Å². The summed E-state index contributed by atoms with van der Waals surface area (Å²) in [4.78, 5) is 0. The standard InChI is InChI=1S/C18H19N3O/c1-3-14-8-4-6-10-16(14)21-18(12-13(2)20-21)22-17-11-7-5-9-15(17)19/h4-12H,3,19H2,1-2H3. The average Bonchev–Trinajstić information content (AvgIpc) is 2.90. The highest BCUT2D eigenvalue weighted by Crippen LogP contribution is 2.30. The van der Waals surface area contributed by atoms with Gasteiger partial charge >= 0.3 is 0 Å². The number of anilines is 1. The summed E-state index contributed by atoms with van der Waals surface area (Å²) < 4.78 is 7.82. The first kappa shape index (κ1) is 14.2.